The highest BCUT2D eigenvalue weighted by molar-refractivity contribution is 7.88. The van der Waals surface area contributed by atoms with Crippen LogP contribution in [0, 0.1) is 5.92 Å². The third-order valence-electron chi connectivity index (χ3n) is 3.19. The van der Waals surface area contributed by atoms with Gasteiger partial charge in [-0.3, -0.25) is 4.79 Å². The van der Waals surface area contributed by atoms with Gasteiger partial charge in [-0.1, -0.05) is 13.8 Å². The lowest BCUT2D eigenvalue weighted by Crippen LogP contribution is -2.52. The van der Waals surface area contributed by atoms with E-state index in [-0.39, 0.29) is 17.9 Å². The summed E-state index contributed by atoms with van der Waals surface area (Å²) in [4.78, 5) is 13.7. The number of hydrogen-bond donors (Lipinski definition) is 2. The molecule has 0 aromatic rings. The summed E-state index contributed by atoms with van der Waals surface area (Å²) in [7, 11) is -3.17. The van der Waals surface area contributed by atoms with Gasteiger partial charge in [-0.25, -0.2) is 13.1 Å². The van der Waals surface area contributed by atoms with Crippen LogP contribution in [0.2, 0.25) is 0 Å². The molecule has 1 rings (SSSR count). The van der Waals surface area contributed by atoms with E-state index in [1.165, 1.54) is 0 Å². The number of amides is 1. The van der Waals surface area contributed by atoms with Crippen LogP contribution in [0.5, 0.6) is 0 Å². The molecule has 0 aliphatic carbocycles. The maximum Gasteiger partial charge on any atom is 0.239 e. The van der Waals surface area contributed by atoms with Gasteiger partial charge in [0.15, 0.2) is 0 Å². The molecular formula is C11H23N3O3S. The minimum Gasteiger partial charge on any atom is -0.341 e. The van der Waals surface area contributed by atoms with Gasteiger partial charge in [-0.05, 0) is 18.8 Å². The molecule has 1 amide bonds. The lowest BCUT2D eigenvalue weighted by atomic mass is 10.0. The highest BCUT2D eigenvalue weighted by Gasteiger charge is 2.28. The molecule has 106 valence electrons. The maximum absolute atomic E-state index is 12.0. The zero-order valence-corrected chi connectivity index (χ0v) is 12.0. The Morgan fingerprint density at radius 3 is 2.22 bits per heavy atom. The van der Waals surface area contributed by atoms with Gasteiger partial charge in [0.25, 0.3) is 0 Å². The Hall–Kier alpha value is -0.660. The van der Waals surface area contributed by atoms with Crippen LogP contribution in [0.15, 0.2) is 0 Å². The predicted octanol–water partition coefficient (Wildman–Crippen LogP) is -0.490. The van der Waals surface area contributed by atoms with Crippen molar-refractivity contribution >= 4 is 15.9 Å². The Balaban J connectivity index is 2.47. The van der Waals surface area contributed by atoms with E-state index in [4.69, 9.17) is 5.73 Å². The van der Waals surface area contributed by atoms with E-state index in [1.807, 2.05) is 13.8 Å². The molecule has 0 bridgehead atoms. The Bertz CT molecular complexity index is 386. The Kier molecular flexibility index (Phi) is 5.12. The van der Waals surface area contributed by atoms with E-state index in [1.54, 1.807) is 4.90 Å². The average Bonchev–Trinajstić information content (AvgIpc) is 2.26. The monoisotopic (exact) mass is 277 g/mol. The summed E-state index contributed by atoms with van der Waals surface area (Å²) in [5.74, 6) is 0.0761. The fourth-order valence-corrected chi connectivity index (χ4v) is 2.86. The molecule has 3 N–H and O–H groups in total. The van der Waals surface area contributed by atoms with Crippen LogP contribution >= 0.6 is 0 Å². The molecule has 6 nitrogen and oxygen atoms in total. The molecule has 0 radical (unpaired) electrons. The van der Waals surface area contributed by atoms with Gasteiger partial charge in [0, 0.05) is 19.1 Å². The van der Waals surface area contributed by atoms with Crippen molar-refractivity contribution in [3.8, 4) is 0 Å². The van der Waals surface area contributed by atoms with Crippen LogP contribution in [0.1, 0.15) is 26.7 Å². The van der Waals surface area contributed by atoms with Gasteiger partial charge in [-0.2, -0.15) is 0 Å². The number of hydrogen-bond acceptors (Lipinski definition) is 4. The van der Waals surface area contributed by atoms with Crippen LogP contribution in [-0.2, 0) is 14.8 Å². The summed E-state index contributed by atoms with van der Waals surface area (Å²) in [5.41, 5.74) is 5.82. The molecule has 1 aliphatic heterocycles. The van der Waals surface area contributed by atoms with Gasteiger partial charge in [-0.15, -0.1) is 0 Å². The molecule has 0 spiro atoms. The quantitative estimate of drug-likeness (QED) is 0.725. The lowest BCUT2D eigenvalue weighted by molar-refractivity contribution is -0.134. The smallest absolute Gasteiger partial charge is 0.239 e. The van der Waals surface area contributed by atoms with Crippen LogP contribution in [-0.4, -0.2) is 50.7 Å². The summed E-state index contributed by atoms with van der Waals surface area (Å²) in [5, 5.41) is 0. The number of sulfonamides is 1. The molecule has 1 heterocycles. The van der Waals surface area contributed by atoms with Crippen molar-refractivity contribution in [1.82, 2.24) is 9.62 Å². The number of nitrogens with one attached hydrogen (secondary N) is 1. The van der Waals surface area contributed by atoms with E-state index in [0.717, 1.165) is 6.26 Å². The summed E-state index contributed by atoms with van der Waals surface area (Å²) in [6.45, 7) is 4.96. The van der Waals surface area contributed by atoms with Crippen molar-refractivity contribution in [2.24, 2.45) is 11.7 Å². The highest BCUT2D eigenvalue weighted by atomic mass is 32.2. The van der Waals surface area contributed by atoms with Crippen molar-refractivity contribution in [2.45, 2.75) is 38.8 Å². The summed E-state index contributed by atoms with van der Waals surface area (Å²) < 4.78 is 24.8. The van der Waals surface area contributed by atoms with Crippen LogP contribution in [0.3, 0.4) is 0 Å². The number of carbonyl (C=O) groups is 1. The van der Waals surface area contributed by atoms with Crippen LogP contribution in [0.25, 0.3) is 0 Å². The van der Waals surface area contributed by atoms with Crippen molar-refractivity contribution in [3.63, 3.8) is 0 Å². The van der Waals surface area contributed by atoms with E-state index in [0.29, 0.717) is 25.9 Å². The van der Waals surface area contributed by atoms with Crippen molar-refractivity contribution in [2.75, 3.05) is 19.3 Å². The van der Waals surface area contributed by atoms with Gasteiger partial charge in [0.1, 0.15) is 0 Å². The van der Waals surface area contributed by atoms with Crippen molar-refractivity contribution < 1.29 is 13.2 Å². The molecule has 1 unspecified atom stereocenters. The summed E-state index contributed by atoms with van der Waals surface area (Å²) in [6, 6.07) is -0.538. The van der Waals surface area contributed by atoms with Crippen LogP contribution in [0.4, 0.5) is 0 Å². The molecule has 0 saturated carbocycles. The van der Waals surface area contributed by atoms with Gasteiger partial charge < -0.3 is 10.6 Å². The maximum atomic E-state index is 12.0. The Morgan fingerprint density at radius 1 is 1.33 bits per heavy atom. The molecule has 7 heteroatoms. The normalized spacial score (nSPS) is 20.2. The Labute approximate surface area is 109 Å². The first-order valence-electron chi connectivity index (χ1n) is 6.22. The molecule has 0 aromatic heterocycles. The third kappa shape index (κ3) is 4.55. The molecule has 0 aromatic carbocycles. The zero-order valence-electron chi connectivity index (χ0n) is 11.2. The van der Waals surface area contributed by atoms with E-state index in [2.05, 4.69) is 4.72 Å². The van der Waals surface area contributed by atoms with Gasteiger partial charge >= 0.3 is 0 Å². The minimum absolute atomic E-state index is 0.0391. The molecular weight excluding hydrogens is 254 g/mol. The van der Waals surface area contributed by atoms with Crippen molar-refractivity contribution in [3.05, 3.63) is 0 Å². The SMILES string of the molecule is CC(C)C(N)C(=O)N1CCC(NS(C)(=O)=O)CC1. The predicted molar refractivity (Wildman–Crippen MR) is 70.4 cm³/mol. The number of nitrogens with zero attached hydrogens (tertiary/aromatic N) is 1. The van der Waals surface area contributed by atoms with E-state index in [9.17, 15) is 13.2 Å². The standard InChI is InChI=1S/C11H23N3O3S/c1-8(2)10(12)11(15)14-6-4-9(5-7-14)13-18(3,16)17/h8-10,13H,4-7,12H2,1-3H3. The fraction of sp³-hybridized carbons (Fsp3) is 0.909. The number of nitrogens with two attached hydrogens (primary N) is 1. The number of carbonyl (C=O) groups excluding carboxylic acids is 1. The topological polar surface area (TPSA) is 92.5 Å². The Morgan fingerprint density at radius 2 is 1.83 bits per heavy atom. The minimum atomic E-state index is -3.17. The lowest BCUT2D eigenvalue weighted by Gasteiger charge is -2.34. The first kappa shape index (κ1) is 15.4. The molecule has 18 heavy (non-hydrogen) atoms. The largest absolute Gasteiger partial charge is 0.341 e. The van der Waals surface area contributed by atoms with E-state index < -0.39 is 16.1 Å². The summed E-state index contributed by atoms with van der Waals surface area (Å²) >= 11 is 0. The highest BCUT2D eigenvalue weighted by Crippen LogP contribution is 2.13. The van der Waals surface area contributed by atoms with E-state index >= 15 is 0 Å². The first-order valence-corrected chi connectivity index (χ1v) is 8.11. The third-order valence-corrected chi connectivity index (χ3v) is 3.95. The summed E-state index contributed by atoms with van der Waals surface area (Å²) in [6.07, 6.45) is 2.44. The first-order chi connectivity index (χ1) is 8.20. The van der Waals surface area contributed by atoms with Crippen molar-refractivity contribution in [1.29, 1.82) is 0 Å². The number of rotatable bonds is 4. The average molecular weight is 277 g/mol. The molecule has 1 saturated heterocycles. The zero-order chi connectivity index (χ0) is 13.9. The van der Waals surface area contributed by atoms with Crippen LogP contribution < -0.4 is 10.5 Å². The molecule has 1 fully saturated rings. The molecule has 1 aliphatic rings. The number of likely N-dealkylation sites (tertiary alicyclic amines) is 1. The second kappa shape index (κ2) is 5.99. The number of piperidine rings is 1. The van der Waals surface area contributed by atoms with Gasteiger partial charge in [0.05, 0.1) is 12.3 Å². The fourth-order valence-electron chi connectivity index (χ4n) is 2.02. The van der Waals surface area contributed by atoms with Gasteiger partial charge in [0.2, 0.25) is 15.9 Å². The molecule has 1 atom stereocenters. The second-order valence-corrected chi connectivity index (χ2v) is 7.04. The second-order valence-electron chi connectivity index (χ2n) is 5.26.